The van der Waals surface area contributed by atoms with Gasteiger partial charge in [0.1, 0.15) is 17.4 Å². The summed E-state index contributed by atoms with van der Waals surface area (Å²) in [5.74, 6) is -2.01. The lowest BCUT2D eigenvalue weighted by Crippen LogP contribution is -2.54. The Morgan fingerprint density at radius 2 is 1.85 bits per heavy atom. The van der Waals surface area contributed by atoms with Gasteiger partial charge < -0.3 is 20.1 Å². The number of nitrogens with zero attached hydrogens (tertiary/aromatic N) is 4. The first kappa shape index (κ1) is 27.7. The number of benzene rings is 2. The Bertz CT molecular complexity index is 1730. The number of anilines is 2. The number of hydrogen-bond acceptors (Lipinski definition) is 7. The summed E-state index contributed by atoms with van der Waals surface area (Å²) in [5.41, 5.74) is -0.525. The maximum atomic E-state index is 14.9. The number of amides is 3. The molecule has 3 N–H and O–H groups in total. The second-order valence-electron chi connectivity index (χ2n) is 9.09. The molecular weight excluding hydrogens is 562 g/mol. The number of likely N-dealkylation sites (tertiary alicyclic amines) is 1. The standard InChI is InChI=1S/C27H21ClF2N6O5/c1-14-8-24(38)36(21-9-15(29)2-4-19(21)28)34-25(14)26(39)32-16-3-5-22(20(30)10-16)41-18-6-7-31-23(11-18)33-27(40)35-12-17(37)13-35/h2-11,17,37H,12-13H2,1H3,(H,32,39)(H,31,33,40). The van der Waals surface area contributed by atoms with Crippen molar-refractivity contribution in [3.8, 4) is 17.2 Å². The van der Waals surface area contributed by atoms with E-state index in [1.54, 1.807) is 0 Å². The number of β-amino-alcohol motifs (C(OH)–C–C–N with tert-alkyl or cyclic N) is 1. The lowest BCUT2D eigenvalue weighted by Gasteiger charge is -2.35. The molecule has 0 spiro atoms. The molecule has 3 heterocycles. The van der Waals surface area contributed by atoms with Gasteiger partial charge in [-0.05, 0) is 42.8 Å². The second kappa shape index (κ2) is 11.3. The summed E-state index contributed by atoms with van der Waals surface area (Å²) >= 11 is 6.10. The molecule has 1 saturated heterocycles. The molecule has 3 amide bonds. The lowest BCUT2D eigenvalue weighted by atomic mass is 10.2. The number of carbonyl (C=O) groups excluding carboxylic acids is 2. The molecule has 0 unspecified atom stereocenters. The summed E-state index contributed by atoms with van der Waals surface area (Å²) in [4.78, 5) is 43.0. The maximum Gasteiger partial charge on any atom is 0.323 e. The van der Waals surface area contributed by atoms with Crippen molar-refractivity contribution in [3.63, 3.8) is 0 Å². The molecule has 0 bridgehead atoms. The Morgan fingerprint density at radius 3 is 2.59 bits per heavy atom. The Balaban J connectivity index is 1.30. The van der Waals surface area contributed by atoms with Crippen LogP contribution < -0.4 is 20.9 Å². The van der Waals surface area contributed by atoms with Crippen LogP contribution >= 0.6 is 11.6 Å². The Kier molecular flexibility index (Phi) is 7.64. The minimum Gasteiger partial charge on any atom is -0.454 e. The van der Waals surface area contributed by atoms with Crippen LogP contribution in [-0.2, 0) is 0 Å². The first-order valence-corrected chi connectivity index (χ1v) is 12.5. The van der Waals surface area contributed by atoms with Gasteiger partial charge in [0.15, 0.2) is 17.3 Å². The monoisotopic (exact) mass is 582 g/mol. The van der Waals surface area contributed by atoms with Crippen molar-refractivity contribution in [1.82, 2.24) is 19.7 Å². The fourth-order valence-corrected chi connectivity index (χ4v) is 4.12. The van der Waals surface area contributed by atoms with Crippen LogP contribution in [-0.4, -0.2) is 55.9 Å². The zero-order chi connectivity index (χ0) is 29.3. The van der Waals surface area contributed by atoms with E-state index in [0.29, 0.717) is 0 Å². The van der Waals surface area contributed by atoms with Gasteiger partial charge in [-0.2, -0.15) is 9.78 Å². The van der Waals surface area contributed by atoms with E-state index in [1.165, 1.54) is 48.4 Å². The highest BCUT2D eigenvalue weighted by Crippen LogP contribution is 2.28. The number of aliphatic hydroxyl groups is 1. The molecule has 1 aliphatic rings. The molecule has 0 atom stereocenters. The molecule has 2 aromatic heterocycles. The normalized spacial score (nSPS) is 13.0. The van der Waals surface area contributed by atoms with Crippen molar-refractivity contribution in [3.05, 3.63) is 99.1 Å². The first-order valence-electron chi connectivity index (χ1n) is 12.1. The van der Waals surface area contributed by atoms with E-state index in [9.17, 15) is 28.3 Å². The maximum absolute atomic E-state index is 14.9. The number of halogens is 3. The summed E-state index contributed by atoms with van der Waals surface area (Å²) in [6.07, 6.45) is 0.822. The number of ether oxygens (including phenoxy) is 1. The molecular formula is C27H21ClF2N6O5. The van der Waals surface area contributed by atoms with Crippen molar-refractivity contribution in [2.75, 3.05) is 23.7 Å². The fraction of sp³-hybridized carbons (Fsp3) is 0.148. The van der Waals surface area contributed by atoms with Crippen LogP contribution in [0.25, 0.3) is 5.69 Å². The smallest absolute Gasteiger partial charge is 0.323 e. The van der Waals surface area contributed by atoms with Crippen LogP contribution in [0.1, 0.15) is 16.1 Å². The molecule has 0 radical (unpaired) electrons. The van der Waals surface area contributed by atoms with Gasteiger partial charge in [-0.15, -0.1) is 0 Å². The summed E-state index contributed by atoms with van der Waals surface area (Å²) in [6.45, 7) is 1.94. The predicted molar refractivity (Wildman–Crippen MR) is 145 cm³/mol. The van der Waals surface area contributed by atoms with E-state index >= 15 is 0 Å². The average molecular weight is 583 g/mol. The summed E-state index contributed by atoms with van der Waals surface area (Å²) in [5, 5.41) is 18.5. The molecule has 1 aliphatic heterocycles. The van der Waals surface area contributed by atoms with E-state index < -0.39 is 35.2 Å². The number of hydrogen-bond donors (Lipinski definition) is 3. The molecule has 2 aromatic carbocycles. The molecule has 0 saturated carbocycles. The van der Waals surface area contributed by atoms with Crippen LogP contribution in [0.5, 0.6) is 11.5 Å². The number of carbonyl (C=O) groups is 2. The van der Waals surface area contributed by atoms with Crippen LogP contribution in [0.15, 0.2) is 65.6 Å². The van der Waals surface area contributed by atoms with Gasteiger partial charge >= 0.3 is 6.03 Å². The number of pyridine rings is 1. The van der Waals surface area contributed by atoms with E-state index in [2.05, 4.69) is 20.7 Å². The van der Waals surface area contributed by atoms with Gasteiger partial charge in [0.2, 0.25) is 0 Å². The molecule has 5 rings (SSSR count). The van der Waals surface area contributed by atoms with Crippen LogP contribution in [0.3, 0.4) is 0 Å². The van der Waals surface area contributed by atoms with Gasteiger partial charge in [0.25, 0.3) is 11.5 Å². The van der Waals surface area contributed by atoms with E-state index in [-0.39, 0.29) is 58.1 Å². The number of aromatic nitrogens is 3. The minimum atomic E-state index is -0.805. The van der Waals surface area contributed by atoms with Gasteiger partial charge in [-0.3, -0.25) is 14.9 Å². The largest absolute Gasteiger partial charge is 0.454 e. The number of rotatable bonds is 6. The van der Waals surface area contributed by atoms with Crippen molar-refractivity contribution in [2.45, 2.75) is 13.0 Å². The van der Waals surface area contributed by atoms with E-state index in [4.69, 9.17) is 16.3 Å². The van der Waals surface area contributed by atoms with Crippen molar-refractivity contribution >= 4 is 35.0 Å². The van der Waals surface area contributed by atoms with Gasteiger partial charge in [-0.25, -0.2) is 18.6 Å². The molecule has 1 fully saturated rings. The molecule has 4 aromatic rings. The summed E-state index contributed by atoms with van der Waals surface area (Å²) in [7, 11) is 0. The minimum absolute atomic E-state index is 0.0450. The molecule has 41 heavy (non-hydrogen) atoms. The molecule has 14 heteroatoms. The van der Waals surface area contributed by atoms with Crippen LogP contribution in [0.2, 0.25) is 5.02 Å². The topological polar surface area (TPSA) is 139 Å². The fourth-order valence-electron chi connectivity index (χ4n) is 3.92. The third-order valence-electron chi connectivity index (χ3n) is 6.01. The number of urea groups is 1. The number of aliphatic hydroxyl groups excluding tert-OH is 1. The third kappa shape index (κ3) is 6.15. The molecule has 0 aliphatic carbocycles. The van der Waals surface area contributed by atoms with Crippen molar-refractivity contribution < 1.29 is 28.2 Å². The van der Waals surface area contributed by atoms with E-state index in [0.717, 1.165) is 28.9 Å². The van der Waals surface area contributed by atoms with Gasteiger partial charge in [0.05, 0.1) is 29.9 Å². The average Bonchev–Trinajstić information content (AvgIpc) is 2.90. The highest BCUT2D eigenvalue weighted by Gasteiger charge is 2.29. The second-order valence-corrected chi connectivity index (χ2v) is 9.50. The lowest BCUT2D eigenvalue weighted by molar-refractivity contribution is 0.0308. The van der Waals surface area contributed by atoms with Gasteiger partial charge in [0, 0.05) is 36.1 Å². The Labute approximate surface area is 236 Å². The van der Waals surface area contributed by atoms with Crippen LogP contribution in [0, 0.1) is 18.6 Å². The zero-order valence-corrected chi connectivity index (χ0v) is 22.0. The quantitative estimate of drug-likeness (QED) is 0.311. The Morgan fingerprint density at radius 1 is 1.07 bits per heavy atom. The summed E-state index contributed by atoms with van der Waals surface area (Å²) < 4.78 is 35.1. The Hall–Kier alpha value is -4.88. The van der Waals surface area contributed by atoms with Gasteiger partial charge in [-0.1, -0.05) is 11.6 Å². The number of aryl methyl sites for hydroxylation is 1. The number of nitrogens with one attached hydrogen (secondary N) is 2. The highest BCUT2D eigenvalue weighted by molar-refractivity contribution is 6.32. The zero-order valence-electron chi connectivity index (χ0n) is 21.3. The van der Waals surface area contributed by atoms with E-state index in [1.807, 2.05) is 0 Å². The molecule has 210 valence electrons. The highest BCUT2D eigenvalue weighted by atomic mass is 35.5. The SMILES string of the molecule is Cc1cc(=O)n(-c2cc(F)ccc2Cl)nc1C(=O)Nc1ccc(Oc2ccnc(NC(=O)N3CC(O)C3)c2)c(F)c1. The predicted octanol–water partition coefficient (Wildman–Crippen LogP) is 4.12. The first-order chi connectivity index (χ1) is 19.6. The molecule has 11 nitrogen and oxygen atoms in total. The van der Waals surface area contributed by atoms with Crippen molar-refractivity contribution in [1.29, 1.82) is 0 Å². The van der Waals surface area contributed by atoms with Crippen LogP contribution in [0.4, 0.5) is 25.1 Å². The van der Waals surface area contributed by atoms with Crippen molar-refractivity contribution in [2.24, 2.45) is 0 Å². The summed E-state index contributed by atoms with van der Waals surface area (Å²) in [6, 6.07) is 10.7. The third-order valence-corrected chi connectivity index (χ3v) is 6.33.